The van der Waals surface area contributed by atoms with Crippen LogP contribution in [0.2, 0.25) is 0 Å². The first-order valence-electron chi connectivity index (χ1n) is 7.84. The molecular formula is C18H18N3O3. The van der Waals surface area contributed by atoms with Gasteiger partial charge in [0.1, 0.15) is 5.69 Å². The molecule has 0 spiro atoms. The standard InChI is InChI=1S/C18H18N3O3/c1-3-11-7-5-6-8-12(11)9-10-13-14-15(17(23)16(14)22)20-18(21(13)19)24-4-2/h5-6,8-10,13H,3-4,19H2,1-2H3. The van der Waals surface area contributed by atoms with Gasteiger partial charge in [0.15, 0.2) is 0 Å². The lowest BCUT2D eigenvalue weighted by molar-refractivity contribution is 0.221. The minimum absolute atomic E-state index is 0.141. The van der Waals surface area contributed by atoms with Gasteiger partial charge in [-0.3, -0.25) is 14.6 Å². The van der Waals surface area contributed by atoms with Crippen LogP contribution in [0.25, 0.3) is 6.08 Å². The molecule has 0 saturated heterocycles. The highest BCUT2D eigenvalue weighted by Crippen LogP contribution is 2.31. The summed E-state index contributed by atoms with van der Waals surface area (Å²) in [7, 11) is 0. The van der Waals surface area contributed by atoms with Crippen LogP contribution in [0.3, 0.4) is 0 Å². The van der Waals surface area contributed by atoms with Crippen molar-refractivity contribution >= 4 is 17.8 Å². The third-order valence-corrected chi connectivity index (χ3v) is 4.01. The number of amidine groups is 1. The number of hydrogen-bond donors (Lipinski definition) is 1. The molecule has 0 bridgehead atoms. The lowest BCUT2D eigenvalue weighted by Crippen LogP contribution is -2.50. The van der Waals surface area contributed by atoms with Crippen LogP contribution in [-0.2, 0) is 11.2 Å². The van der Waals surface area contributed by atoms with Gasteiger partial charge in [0.05, 0.1) is 18.2 Å². The first-order valence-corrected chi connectivity index (χ1v) is 7.84. The molecule has 24 heavy (non-hydrogen) atoms. The Morgan fingerprint density at radius 3 is 2.88 bits per heavy atom. The van der Waals surface area contributed by atoms with Crippen LogP contribution >= 0.6 is 0 Å². The summed E-state index contributed by atoms with van der Waals surface area (Å²) in [4.78, 5) is 27.7. The molecule has 2 aromatic rings. The van der Waals surface area contributed by atoms with E-state index in [1.165, 1.54) is 5.01 Å². The highest BCUT2D eigenvalue weighted by molar-refractivity contribution is 5.82. The molecule has 3 rings (SSSR count). The van der Waals surface area contributed by atoms with Crippen LogP contribution in [0.15, 0.2) is 38.9 Å². The predicted molar refractivity (Wildman–Crippen MR) is 92.5 cm³/mol. The lowest BCUT2D eigenvalue weighted by Gasteiger charge is -2.32. The fraction of sp³-hybridized carbons (Fsp3) is 0.278. The van der Waals surface area contributed by atoms with E-state index in [0.717, 1.165) is 17.5 Å². The van der Waals surface area contributed by atoms with Crippen molar-refractivity contribution < 1.29 is 4.74 Å². The van der Waals surface area contributed by atoms with Gasteiger partial charge in [-0.15, -0.1) is 0 Å². The molecule has 0 saturated carbocycles. The van der Waals surface area contributed by atoms with E-state index in [-0.39, 0.29) is 11.7 Å². The second-order valence-electron chi connectivity index (χ2n) is 5.42. The third kappa shape index (κ3) is 2.55. The van der Waals surface area contributed by atoms with Gasteiger partial charge in [-0.25, -0.2) is 5.84 Å². The van der Waals surface area contributed by atoms with Crippen LogP contribution in [0, 0.1) is 6.07 Å². The number of hydrogen-bond acceptors (Lipinski definition) is 6. The molecule has 1 heterocycles. The van der Waals surface area contributed by atoms with Crippen LogP contribution in [0.5, 0.6) is 0 Å². The predicted octanol–water partition coefficient (Wildman–Crippen LogP) is 1.61. The average Bonchev–Trinajstić information content (AvgIpc) is 2.61. The lowest BCUT2D eigenvalue weighted by atomic mass is 9.96. The highest BCUT2D eigenvalue weighted by Gasteiger charge is 2.36. The molecule has 2 N–H and O–H groups in total. The van der Waals surface area contributed by atoms with Crippen molar-refractivity contribution in [2.45, 2.75) is 26.3 Å². The van der Waals surface area contributed by atoms with Crippen molar-refractivity contribution in [2.75, 3.05) is 6.61 Å². The molecule has 2 aromatic carbocycles. The Bertz CT molecular complexity index is 891. The van der Waals surface area contributed by atoms with E-state index in [9.17, 15) is 9.59 Å². The zero-order chi connectivity index (χ0) is 17.3. The zero-order valence-corrected chi connectivity index (χ0v) is 13.6. The van der Waals surface area contributed by atoms with Gasteiger partial charge in [-0.1, -0.05) is 37.3 Å². The molecule has 6 nitrogen and oxygen atoms in total. The molecule has 0 amide bonds. The molecule has 0 fully saturated rings. The Morgan fingerprint density at radius 1 is 1.38 bits per heavy atom. The summed E-state index contributed by atoms with van der Waals surface area (Å²) in [5, 5.41) is 1.28. The number of nitrogens with two attached hydrogens (primary N) is 1. The van der Waals surface area contributed by atoms with Crippen LogP contribution in [-0.4, -0.2) is 17.6 Å². The maximum absolute atomic E-state index is 11.9. The smallest absolute Gasteiger partial charge is 0.308 e. The summed E-state index contributed by atoms with van der Waals surface area (Å²) >= 11 is 0. The van der Waals surface area contributed by atoms with E-state index in [1.807, 2.05) is 31.2 Å². The molecular weight excluding hydrogens is 306 g/mol. The van der Waals surface area contributed by atoms with Gasteiger partial charge in [-0.2, -0.15) is 4.99 Å². The van der Waals surface area contributed by atoms with E-state index in [4.69, 9.17) is 10.6 Å². The summed E-state index contributed by atoms with van der Waals surface area (Å²) in [6, 6.07) is 8.48. The maximum Gasteiger partial charge on any atom is 0.308 e. The van der Waals surface area contributed by atoms with E-state index in [0.29, 0.717) is 12.2 Å². The minimum atomic E-state index is -0.587. The fourth-order valence-electron chi connectivity index (χ4n) is 2.76. The number of fused-ring (bicyclic) bond motifs is 1. The Balaban J connectivity index is 1.99. The molecule has 1 unspecified atom stereocenters. The van der Waals surface area contributed by atoms with Crippen LogP contribution < -0.4 is 16.7 Å². The van der Waals surface area contributed by atoms with Gasteiger partial charge in [-0.05, 0) is 30.5 Å². The first kappa shape index (κ1) is 16.1. The van der Waals surface area contributed by atoms with E-state index >= 15 is 0 Å². The number of nitrogens with zero attached hydrogens (tertiary/aromatic N) is 2. The molecule has 6 heteroatoms. The van der Waals surface area contributed by atoms with Crippen LogP contribution in [0.4, 0.5) is 5.69 Å². The average molecular weight is 324 g/mol. The van der Waals surface area contributed by atoms with Gasteiger partial charge >= 0.3 is 6.02 Å². The fourth-order valence-corrected chi connectivity index (χ4v) is 2.76. The first-order chi connectivity index (χ1) is 11.6. The summed E-state index contributed by atoms with van der Waals surface area (Å²) in [6.45, 7) is 4.21. The zero-order valence-electron chi connectivity index (χ0n) is 13.6. The topological polar surface area (TPSA) is 85.0 Å². The van der Waals surface area contributed by atoms with Crippen molar-refractivity contribution in [1.29, 1.82) is 0 Å². The molecule has 1 atom stereocenters. The largest absolute Gasteiger partial charge is 0.464 e. The second kappa shape index (κ2) is 6.41. The SMILES string of the molecule is CCOC1=Nc2c(c(=O)c2=O)C(C=Cc2ccc[c]c2CC)N1N. The second-order valence-corrected chi connectivity index (χ2v) is 5.42. The Kier molecular flexibility index (Phi) is 4.31. The summed E-state index contributed by atoms with van der Waals surface area (Å²) in [5.74, 6) is 6.06. The normalized spacial score (nSPS) is 17.2. The van der Waals surface area contributed by atoms with Crippen molar-refractivity contribution in [3.63, 3.8) is 0 Å². The highest BCUT2D eigenvalue weighted by atomic mass is 16.5. The third-order valence-electron chi connectivity index (χ3n) is 4.01. The van der Waals surface area contributed by atoms with Crippen molar-refractivity contribution in [3.8, 4) is 0 Å². The van der Waals surface area contributed by atoms with Crippen molar-refractivity contribution in [1.82, 2.24) is 5.01 Å². The summed E-state index contributed by atoms with van der Waals surface area (Å²) in [5.41, 5.74) is 1.40. The molecule has 1 radical (unpaired) electrons. The number of aryl methyl sites for hydroxylation is 1. The Hall–Kier alpha value is -2.73. The van der Waals surface area contributed by atoms with Gasteiger partial charge in [0.2, 0.25) is 5.43 Å². The maximum atomic E-state index is 11.9. The summed E-state index contributed by atoms with van der Waals surface area (Å²) < 4.78 is 5.37. The molecule has 0 aliphatic carbocycles. The van der Waals surface area contributed by atoms with Crippen molar-refractivity contribution in [3.05, 3.63) is 67.5 Å². The Morgan fingerprint density at radius 2 is 2.17 bits per heavy atom. The minimum Gasteiger partial charge on any atom is -0.464 e. The van der Waals surface area contributed by atoms with E-state index < -0.39 is 16.9 Å². The van der Waals surface area contributed by atoms with Crippen molar-refractivity contribution in [2.24, 2.45) is 10.8 Å². The molecule has 1 aliphatic heterocycles. The summed E-state index contributed by atoms with van der Waals surface area (Å²) in [6.07, 6.45) is 4.51. The molecule has 0 aromatic heterocycles. The van der Waals surface area contributed by atoms with E-state index in [2.05, 4.69) is 11.1 Å². The van der Waals surface area contributed by atoms with E-state index in [1.54, 1.807) is 13.0 Å². The number of benzene rings is 1. The van der Waals surface area contributed by atoms with Gasteiger partial charge < -0.3 is 4.74 Å². The van der Waals surface area contributed by atoms with Gasteiger partial charge in [0.25, 0.3) is 5.43 Å². The number of hydrazine groups is 1. The molecule has 123 valence electrons. The van der Waals surface area contributed by atoms with Gasteiger partial charge in [0, 0.05) is 0 Å². The Labute approximate surface area is 139 Å². The van der Waals surface area contributed by atoms with Crippen LogP contribution in [0.1, 0.15) is 36.6 Å². The monoisotopic (exact) mass is 324 g/mol. The number of aliphatic imine (C=N–C) groups is 1. The number of ether oxygens (including phenoxy) is 1. The quantitative estimate of drug-likeness (QED) is 0.682. The number of rotatable bonds is 4. The molecule has 1 aliphatic rings.